The van der Waals surface area contributed by atoms with E-state index in [1.54, 1.807) is 13.1 Å². The number of hydrogen-bond donors (Lipinski definition) is 0. The molecule has 0 amide bonds. The Hall–Kier alpha value is -3.17. The molecule has 4 rings (SSSR count). The standard InChI is InChI=1S/C25H29N3O5S/c1-17-7-9-20(10-8-17)28-18(2)13-22(19(28)3)24(29)16-33-25(30)23-14-21(15-26(23)4)34(31,32)27-11-5-6-12-27/h7-10,13-15H,5-6,11-12,16H2,1-4H3. The van der Waals surface area contributed by atoms with Gasteiger partial charge in [0.1, 0.15) is 10.6 Å². The van der Waals surface area contributed by atoms with Crippen LogP contribution in [0, 0.1) is 20.8 Å². The van der Waals surface area contributed by atoms with Crippen molar-refractivity contribution in [2.24, 2.45) is 7.05 Å². The van der Waals surface area contributed by atoms with Crippen molar-refractivity contribution >= 4 is 21.8 Å². The van der Waals surface area contributed by atoms with Crippen molar-refractivity contribution in [3.63, 3.8) is 0 Å². The Morgan fingerprint density at radius 2 is 1.65 bits per heavy atom. The van der Waals surface area contributed by atoms with Crippen LogP contribution >= 0.6 is 0 Å². The summed E-state index contributed by atoms with van der Waals surface area (Å²) < 4.78 is 35.7. The average molecular weight is 484 g/mol. The summed E-state index contributed by atoms with van der Waals surface area (Å²) >= 11 is 0. The van der Waals surface area contributed by atoms with E-state index in [0.717, 1.165) is 35.5 Å². The minimum Gasteiger partial charge on any atom is -0.453 e. The summed E-state index contributed by atoms with van der Waals surface area (Å²) in [5.74, 6) is -1.06. The Labute approximate surface area is 199 Å². The monoisotopic (exact) mass is 483 g/mol. The van der Waals surface area contributed by atoms with Crippen LogP contribution in [-0.4, -0.2) is 53.3 Å². The van der Waals surface area contributed by atoms with Crippen LogP contribution in [0.2, 0.25) is 0 Å². The number of rotatable bonds is 7. The summed E-state index contributed by atoms with van der Waals surface area (Å²) in [5.41, 5.74) is 4.32. The lowest BCUT2D eigenvalue weighted by molar-refractivity contribution is 0.0465. The summed E-state index contributed by atoms with van der Waals surface area (Å²) in [4.78, 5) is 25.6. The fraction of sp³-hybridized carbons (Fsp3) is 0.360. The molecule has 0 unspecified atom stereocenters. The van der Waals surface area contributed by atoms with Crippen molar-refractivity contribution in [3.05, 3.63) is 70.8 Å². The van der Waals surface area contributed by atoms with E-state index in [-0.39, 0.29) is 16.4 Å². The molecule has 3 aromatic rings. The lowest BCUT2D eigenvalue weighted by atomic mass is 10.1. The average Bonchev–Trinajstić information content (AvgIpc) is 3.53. The van der Waals surface area contributed by atoms with Gasteiger partial charge in [-0.25, -0.2) is 13.2 Å². The first kappa shape index (κ1) is 24.0. The van der Waals surface area contributed by atoms with E-state index in [9.17, 15) is 18.0 Å². The zero-order valence-corrected chi connectivity index (χ0v) is 20.7. The van der Waals surface area contributed by atoms with E-state index < -0.39 is 22.6 Å². The summed E-state index contributed by atoms with van der Waals surface area (Å²) in [6.45, 7) is 6.31. The normalized spacial score (nSPS) is 14.5. The molecule has 0 saturated carbocycles. The minimum atomic E-state index is -3.65. The predicted molar refractivity (Wildman–Crippen MR) is 128 cm³/mol. The quantitative estimate of drug-likeness (QED) is 0.379. The van der Waals surface area contributed by atoms with Gasteiger partial charge in [0, 0.05) is 49.0 Å². The van der Waals surface area contributed by atoms with Crippen LogP contribution in [-0.2, 0) is 21.8 Å². The third kappa shape index (κ3) is 4.45. The maximum atomic E-state index is 12.9. The Balaban J connectivity index is 1.48. The zero-order chi connectivity index (χ0) is 24.6. The van der Waals surface area contributed by atoms with E-state index in [2.05, 4.69) is 0 Å². The third-order valence-corrected chi connectivity index (χ3v) is 8.11. The number of aryl methyl sites for hydroxylation is 3. The smallest absolute Gasteiger partial charge is 0.355 e. The number of benzene rings is 1. The number of Topliss-reactive ketones (excluding diaryl/α,β-unsaturated/α-hetero) is 1. The minimum absolute atomic E-state index is 0.0526. The molecule has 9 heteroatoms. The Bertz CT molecular complexity index is 1340. The van der Waals surface area contributed by atoms with Crippen LogP contribution in [0.4, 0.5) is 0 Å². The summed E-state index contributed by atoms with van der Waals surface area (Å²) in [5, 5.41) is 0. The Kier molecular flexibility index (Phi) is 6.51. The van der Waals surface area contributed by atoms with Gasteiger partial charge in [0.15, 0.2) is 6.61 Å². The molecule has 0 radical (unpaired) electrons. The highest BCUT2D eigenvalue weighted by Gasteiger charge is 2.30. The van der Waals surface area contributed by atoms with E-state index >= 15 is 0 Å². The van der Waals surface area contributed by atoms with Gasteiger partial charge in [0.25, 0.3) is 0 Å². The van der Waals surface area contributed by atoms with Crippen molar-refractivity contribution in [3.8, 4) is 5.69 Å². The Morgan fingerprint density at radius 3 is 2.29 bits per heavy atom. The summed E-state index contributed by atoms with van der Waals surface area (Å²) in [6, 6.07) is 11.1. The van der Waals surface area contributed by atoms with E-state index in [1.807, 2.05) is 49.6 Å². The predicted octanol–water partition coefficient (Wildman–Crippen LogP) is 3.57. The van der Waals surface area contributed by atoms with Gasteiger partial charge >= 0.3 is 5.97 Å². The summed E-state index contributed by atoms with van der Waals surface area (Å²) in [7, 11) is -2.07. The molecule has 2 aromatic heterocycles. The molecule has 1 aromatic carbocycles. The number of aromatic nitrogens is 2. The molecule has 180 valence electrons. The summed E-state index contributed by atoms with van der Waals surface area (Å²) in [6.07, 6.45) is 3.06. The topological polar surface area (TPSA) is 90.6 Å². The first-order valence-corrected chi connectivity index (χ1v) is 12.7. The molecule has 1 aliphatic heterocycles. The number of ether oxygens (including phenoxy) is 1. The molecule has 1 fully saturated rings. The number of ketones is 1. The van der Waals surface area contributed by atoms with Crippen molar-refractivity contribution in [1.82, 2.24) is 13.4 Å². The number of carbonyl (C=O) groups excluding carboxylic acids is 2. The second-order valence-electron chi connectivity index (χ2n) is 8.74. The molecule has 8 nitrogen and oxygen atoms in total. The molecule has 1 saturated heterocycles. The van der Waals surface area contributed by atoms with E-state index in [1.165, 1.54) is 21.1 Å². The van der Waals surface area contributed by atoms with E-state index in [0.29, 0.717) is 18.7 Å². The first-order chi connectivity index (χ1) is 16.1. The zero-order valence-electron chi connectivity index (χ0n) is 19.9. The maximum absolute atomic E-state index is 12.9. The van der Waals surface area contributed by atoms with Crippen LogP contribution in [0.15, 0.2) is 47.5 Å². The second-order valence-corrected chi connectivity index (χ2v) is 10.7. The number of hydrogen-bond acceptors (Lipinski definition) is 5. The maximum Gasteiger partial charge on any atom is 0.355 e. The van der Waals surface area contributed by atoms with Crippen molar-refractivity contribution in [2.75, 3.05) is 19.7 Å². The lowest BCUT2D eigenvalue weighted by Gasteiger charge is -2.13. The first-order valence-electron chi connectivity index (χ1n) is 11.2. The lowest BCUT2D eigenvalue weighted by Crippen LogP contribution is -2.27. The molecule has 0 bridgehead atoms. The highest BCUT2D eigenvalue weighted by atomic mass is 32.2. The molecule has 0 atom stereocenters. The number of nitrogens with zero attached hydrogens (tertiary/aromatic N) is 3. The van der Waals surface area contributed by atoms with Gasteiger partial charge in [-0.1, -0.05) is 17.7 Å². The van der Waals surface area contributed by atoms with Gasteiger partial charge in [-0.3, -0.25) is 4.79 Å². The number of sulfonamides is 1. The van der Waals surface area contributed by atoms with Crippen LogP contribution in [0.1, 0.15) is 50.6 Å². The largest absolute Gasteiger partial charge is 0.453 e. The number of esters is 1. The highest BCUT2D eigenvalue weighted by Crippen LogP contribution is 2.24. The van der Waals surface area contributed by atoms with Crippen molar-refractivity contribution < 1.29 is 22.7 Å². The molecule has 0 aliphatic carbocycles. The molecule has 34 heavy (non-hydrogen) atoms. The van der Waals surface area contributed by atoms with Crippen LogP contribution in [0.25, 0.3) is 5.69 Å². The molecule has 1 aliphatic rings. The van der Waals surface area contributed by atoms with Gasteiger partial charge in [0.2, 0.25) is 15.8 Å². The van der Waals surface area contributed by atoms with Gasteiger partial charge in [-0.2, -0.15) is 4.31 Å². The van der Waals surface area contributed by atoms with Crippen molar-refractivity contribution in [1.29, 1.82) is 0 Å². The van der Waals surface area contributed by atoms with Crippen LogP contribution < -0.4 is 0 Å². The third-order valence-electron chi connectivity index (χ3n) is 6.25. The molecular formula is C25H29N3O5S. The molecule has 0 N–H and O–H groups in total. The number of carbonyl (C=O) groups is 2. The van der Waals surface area contributed by atoms with Gasteiger partial charge in [-0.05, 0) is 57.9 Å². The van der Waals surface area contributed by atoms with E-state index in [4.69, 9.17) is 4.74 Å². The SMILES string of the molecule is Cc1ccc(-n2c(C)cc(C(=O)COC(=O)c3cc(S(=O)(=O)N4CCCC4)cn3C)c2C)cc1. The molecule has 3 heterocycles. The Morgan fingerprint density at radius 1 is 1.00 bits per heavy atom. The van der Waals surface area contributed by atoms with Crippen molar-refractivity contribution in [2.45, 2.75) is 38.5 Å². The second kappa shape index (κ2) is 9.23. The van der Waals surface area contributed by atoms with Crippen LogP contribution in [0.5, 0.6) is 0 Å². The van der Waals surface area contributed by atoms with Gasteiger partial charge in [-0.15, -0.1) is 0 Å². The molecule has 0 spiro atoms. The highest BCUT2D eigenvalue weighted by molar-refractivity contribution is 7.89. The fourth-order valence-electron chi connectivity index (χ4n) is 4.37. The van der Waals surface area contributed by atoms with Crippen LogP contribution in [0.3, 0.4) is 0 Å². The van der Waals surface area contributed by atoms with Gasteiger partial charge in [0.05, 0.1) is 0 Å². The van der Waals surface area contributed by atoms with Gasteiger partial charge < -0.3 is 13.9 Å². The molecular weight excluding hydrogens is 454 g/mol. The fourth-order valence-corrected chi connectivity index (χ4v) is 5.96.